The van der Waals surface area contributed by atoms with E-state index in [-0.39, 0.29) is 17.1 Å². The van der Waals surface area contributed by atoms with Gasteiger partial charge in [0, 0.05) is 33.4 Å². The number of allylic oxidation sites excluding steroid dienone is 2. The van der Waals surface area contributed by atoms with Gasteiger partial charge >= 0.3 is 0 Å². The van der Waals surface area contributed by atoms with Gasteiger partial charge in [-0.3, -0.25) is 9.59 Å². The van der Waals surface area contributed by atoms with Crippen molar-refractivity contribution in [3.8, 4) is 0 Å². The Bertz CT molecular complexity index is 1310. The number of hydrogen-bond donors (Lipinski definition) is 2. The lowest BCUT2D eigenvalue weighted by Gasteiger charge is -2.39. The number of hydrogen-bond acceptors (Lipinski definition) is 4. The first kappa shape index (κ1) is 21.7. The maximum absolute atomic E-state index is 13.3. The molecule has 1 atom stereocenters. The van der Waals surface area contributed by atoms with Crippen LogP contribution < -0.4 is 10.6 Å². The quantitative estimate of drug-likeness (QED) is 0.474. The van der Waals surface area contributed by atoms with Crippen molar-refractivity contribution in [2.24, 2.45) is 5.41 Å². The molecule has 33 heavy (non-hydrogen) atoms. The molecule has 0 spiro atoms. The summed E-state index contributed by atoms with van der Waals surface area (Å²) in [6.45, 7) is 4.15. The van der Waals surface area contributed by atoms with Gasteiger partial charge in [-0.2, -0.15) is 5.10 Å². The molecule has 2 aromatic carbocycles. The monoisotopic (exact) mass is 480 g/mol. The molecule has 0 saturated carbocycles. The Morgan fingerprint density at radius 2 is 1.88 bits per heavy atom. The van der Waals surface area contributed by atoms with Crippen LogP contribution in [0.25, 0.3) is 0 Å². The van der Waals surface area contributed by atoms with Gasteiger partial charge in [-0.1, -0.05) is 49.2 Å². The molecule has 1 aromatic heterocycles. The summed E-state index contributed by atoms with van der Waals surface area (Å²) in [7, 11) is 0. The van der Waals surface area contributed by atoms with Crippen LogP contribution in [0.3, 0.4) is 0 Å². The molecule has 3 aromatic rings. The number of rotatable bonds is 3. The fraction of sp³-hybridized carbons (Fsp3) is 0.240. The minimum Gasteiger partial charge on any atom is -0.343 e. The highest BCUT2D eigenvalue weighted by Crippen LogP contribution is 2.46. The highest BCUT2D eigenvalue weighted by Gasteiger charge is 2.42. The van der Waals surface area contributed by atoms with Crippen molar-refractivity contribution in [1.82, 2.24) is 9.78 Å². The number of fused-ring (bicyclic) bond motifs is 1. The summed E-state index contributed by atoms with van der Waals surface area (Å²) in [5.74, 6) is 0.323. The number of nitrogens with zero attached hydrogens (tertiary/aromatic N) is 2. The van der Waals surface area contributed by atoms with Gasteiger partial charge in [0.15, 0.2) is 5.78 Å². The highest BCUT2D eigenvalue weighted by molar-refractivity contribution is 6.31. The number of carbonyl (C=O) groups excluding carboxylic acids is 2. The Kier molecular flexibility index (Phi) is 5.30. The smallest absolute Gasteiger partial charge is 0.261 e. The van der Waals surface area contributed by atoms with Gasteiger partial charge in [0.2, 0.25) is 0 Å². The first-order chi connectivity index (χ1) is 15.7. The second-order valence-corrected chi connectivity index (χ2v) is 10.1. The van der Waals surface area contributed by atoms with Crippen LogP contribution in [0.2, 0.25) is 10.0 Å². The molecule has 6 nitrogen and oxygen atoms in total. The maximum atomic E-state index is 13.3. The van der Waals surface area contributed by atoms with Crippen molar-refractivity contribution in [1.29, 1.82) is 0 Å². The van der Waals surface area contributed by atoms with Crippen LogP contribution in [-0.2, 0) is 4.79 Å². The molecule has 0 bridgehead atoms. The van der Waals surface area contributed by atoms with Crippen molar-refractivity contribution < 1.29 is 9.59 Å². The van der Waals surface area contributed by atoms with Gasteiger partial charge in [0.1, 0.15) is 17.4 Å². The van der Waals surface area contributed by atoms with Gasteiger partial charge in [-0.25, -0.2) is 4.68 Å². The molecule has 1 aliphatic carbocycles. The van der Waals surface area contributed by atoms with Crippen LogP contribution in [-0.4, -0.2) is 21.5 Å². The normalized spacial score (nSPS) is 18.9. The Morgan fingerprint density at radius 1 is 1.12 bits per heavy atom. The zero-order valence-corrected chi connectivity index (χ0v) is 19.7. The summed E-state index contributed by atoms with van der Waals surface area (Å²) in [6, 6.07) is 13.9. The highest BCUT2D eigenvalue weighted by atomic mass is 35.5. The number of Topliss-reactive ketones (excluding diaryl/α,β-unsaturated/α-hetero) is 1. The summed E-state index contributed by atoms with van der Waals surface area (Å²) >= 11 is 12.2. The van der Waals surface area contributed by atoms with Crippen LogP contribution in [0, 0.1) is 5.41 Å². The second kappa shape index (κ2) is 8.04. The summed E-state index contributed by atoms with van der Waals surface area (Å²) in [5.41, 5.74) is 3.18. The molecule has 168 valence electrons. The minimum absolute atomic E-state index is 0.0760. The Labute approximate surface area is 201 Å². The number of carbonyl (C=O) groups is 2. The Morgan fingerprint density at radius 3 is 2.61 bits per heavy atom. The van der Waals surface area contributed by atoms with Crippen LogP contribution in [0.1, 0.15) is 48.7 Å². The van der Waals surface area contributed by atoms with E-state index in [9.17, 15) is 9.59 Å². The van der Waals surface area contributed by atoms with E-state index in [0.29, 0.717) is 45.5 Å². The Balaban J connectivity index is 1.59. The number of benzene rings is 2. The van der Waals surface area contributed by atoms with Gasteiger partial charge in [-0.15, -0.1) is 0 Å². The molecule has 0 saturated heterocycles. The van der Waals surface area contributed by atoms with E-state index in [1.165, 1.54) is 6.20 Å². The number of aromatic nitrogens is 2. The average molecular weight is 481 g/mol. The molecular weight excluding hydrogens is 459 g/mol. The SMILES string of the molecule is CC1(C)CC(=O)C2=C(C1)Nc1c(C(=O)Nc3ccc(Cl)cc3)cnn1[C@H]2c1cccc(Cl)c1. The summed E-state index contributed by atoms with van der Waals surface area (Å²) in [5, 5.41) is 11.9. The Hall–Kier alpha value is -3.09. The van der Waals surface area contributed by atoms with Crippen molar-refractivity contribution >= 4 is 46.4 Å². The van der Waals surface area contributed by atoms with E-state index >= 15 is 0 Å². The molecule has 0 radical (unpaired) electrons. The lowest BCUT2D eigenvalue weighted by atomic mass is 9.73. The molecule has 1 amide bonds. The predicted octanol–water partition coefficient (Wildman–Crippen LogP) is 6.10. The van der Waals surface area contributed by atoms with Crippen LogP contribution >= 0.6 is 23.2 Å². The molecule has 8 heteroatoms. The van der Waals surface area contributed by atoms with Crippen molar-refractivity contribution in [3.63, 3.8) is 0 Å². The number of ketones is 1. The van der Waals surface area contributed by atoms with E-state index < -0.39 is 6.04 Å². The van der Waals surface area contributed by atoms with E-state index in [2.05, 4.69) is 29.6 Å². The van der Waals surface area contributed by atoms with Gasteiger partial charge in [-0.05, 0) is 53.8 Å². The van der Waals surface area contributed by atoms with Gasteiger partial charge in [0.25, 0.3) is 5.91 Å². The van der Waals surface area contributed by atoms with Crippen LogP contribution in [0.5, 0.6) is 0 Å². The van der Waals surface area contributed by atoms with Gasteiger partial charge in [0.05, 0.1) is 6.20 Å². The van der Waals surface area contributed by atoms with Crippen molar-refractivity contribution in [2.75, 3.05) is 10.6 Å². The summed E-state index contributed by atoms with van der Waals surface area (Å²) in [6.07, 6.45) is 2.67. The van der Waals surface area contributed by atoms with Gasteiger partial charge < -0.3 is 10.6 Å². The minimum atomic E-state index is -0.462. The first-order valence-corrected chi connectivity index (χ1v) is 11.4. The largest absolute Gasteiger partial charge is 0.343 e. The molecule has 2 N–H and O–H groups in total. The fourth-order valence-corrected chi connectivity index (χ4v) is 4.92. The molecule has 1 aliphatic heterocycles. The number of halogens is 2. The molecule has 0 unspecified atom stereocenters. The topological polar surface area (TPSA) is 76.0 Å². The maximum Gasteiger partial charge on any atom is 0.261 e. The predicted molar refractivity (Wildman–Crippen MR) is 130 cm³/mol. The van der Waals surface area contributed by atoms with Crippen LogP contribution in [0.15, 0.2) is 66.0 Å². The van der Waals surface area contributed by atoms with E-state index in [4.69, 9.17) is 23.2 Å². The number of nitrogens with one attached hydrogen (secondary N) is 2. The standard InChI is InChI=1S/C25H22Cl2N4O2/c1-25(2)11-19-21(20(32)12-25)22(14-4-3-5-16(27)10-14)31-23(30-19)18(13-28-31)24(33)29-17-8-6-15(26)7-9-17/h3-10,13,22,30H,11-12H2,1-2H3,(H,29,33)/t22-/m0/s1. The lowest BCUT2D eigenvalue weighted by molar-refractivity contribution is -0.118. The van der Waals surface area contributed by atoms with Crippen molar-refractivity contribution in [3.05, 3.63) is 87.2 Å². The molecule has 5 rings (SSSR count). The van der Waals surface area contributed by atoms with E-state index in [0.717, 1.165) is 11.3 Å². The van der Waals surface area contributed by atoms with E-state index in [1.54, 1.807) is 35.0 Å². The van der Waals surface area contributed by atoms with Crippen LogP contribution in [0.4, 0.5) is 11.5 Å². The first-order valence-electron chi connectivity index (χ1n) is 10.6. The zero-order valence-electron chi connectivity index (χ0n) is 18.2. The third kappa shape index (κ3) is 4.05. The third-order valence-electron chi connectivity index (χ3n) is 6.01. The fourth-order valence-electron chi connectivity index (χ4n) is 4.59. The number of amides is 1. The van der Waals surface area contributed by atoms with Crippen molar-refractivity contribution in [2.45, 2.75) is 32.7 Å². The zero-order chi connectivity index (χ0) is 23.3. The molecule has 2 heterocycles. The summed E-state index contributed by atoms with van der Waals surface area (Å²) < 4.78 is 1.71. The van der Waals surface area contributed by atoms with E-state index in [1.807, 2.05) is 18.2 Å². The molecule has 2 aliphatic rings. The average Bonchev–Trinajstić information content (AvgIpc) is 3.16. The summed E-state index contributed by atoms with van der Waals surface area (Å²) in [4.78, 5) is 26.4. The molecular formula is C25H22Cl2N4O2. The lowest BCUT2D eigenvalue weighted by Crippen LogP contribution is -2.37. The second-order valence-electron chi connectivity index (χ2n) is 9.23. The molecule has 0 fully saturated rings. The third-order valence-corrected chi connectivity index (χ3v) is 6.50. The number of anilines is 2.